The van der Waals surface area contributed by atoms with Crippen molar-refractivity contribution >= 4 is 51.7 Å². The maximum Gasteiger partial charge on any atom is 0.293 e. The summed E-state index contributed by atoms with van der Waals surface area (Å²) in [4.78, 5) is 37.6. The van der Waals surface area contributed by atoms with Crippen molar-refractivity contribution in [3.8, 4) is 11.3 Å². The molecule has 10 heteroatoms. The van der Waals surface area contributed by atoms with E-state index < -0.39 is 0 Å². The van der Waals surface area contributed by atoms with Gasteiger partial charge in [-0.3, -0.25) is 9.59 Å². The number of aromatic nitrogens is 2. The first-order valence-corrected chi connectivity index (χ1v) is 15.9. The summed E-state index contributed by atoms with van der Waals surface area (Å²) in [7, 11) is 3.83. The van der Waals surface area contributed by atoms with Crippen LogP contribution in [0.15, 0.2) is 53.5 Å². The number of piperazine rings is 1. The van der Waals surface area contributed by atoms with E-state index in [1.54, 1.807) is 13.2 Å². The predicted octanol–water partition coefficient (Wildman–Crippen LogP) is 6.90. The highest BCUT2D eigenvalue weighted by Gasteiger charge is 2.20. The van der Waals surface area contributed by atoms with E-state index in [1.165, 1.54) is 26.3 Å². The maximum atomic E-state index is 13.3. The first kappa shape index (κ1) is 30.8. The highest BCUT2D eigenvalue weighted by molar-refractivity contribution is 7.14. The Balaban J connectivity index is 1.40. The van der Waals surface area contributed by atoms with Gasteiger partial charge in [-0.05, 0) is 67.8 Å². The third-order valence-electron chi connectivity index (χ3n) is 7.94. The molecule has 0 atom stereocenters. The van der Waals surface area contributed by atoms with E-state index in [0.29, 0.717) is 32.8 Å². The van der Waals surface area contributed by atoms with Gasteiger partial charge in [-0.2, -0.15) is 0 Å². The Bertz CT molecular complexity index is 1690. The number of halogens is 1. The highest BCUT2D eigenvalue weighted by Crippen LogP contribution is 2.37. The van der Waals surface area contributed by atoms with Gasteiger partial charge in [0.15, 0.2) is 5.82 Å². The fourth-order valence-electron chi connectivity index (χ4n) is 5.29. The van der Waals surface area contributed by atoms with Crippen LogP contribution in [-0.2, 0) is 13.5 Å². The summed E-state index contributed by atoms with van der Waals surface area (Å²) in [6.07, 6.45) is 2.55. The van der Waals surface area contributed by atoms with E-state index in [2.05, 4.69) is 65.4 Å². The van der Waals surface area contributed by atoms with E-state index >= 15 is 0 Å². The van der Waals surface area contributed by atoms with Crippen molar-refractivity contribution in [2.24, 2.45) is 7.05 Å². The monoisotopic (exact) mass is 618 g/mol. The van der Waals surface area contributed by atoms with Crippen molar-refractivity contribution in [2.75, 3.05) is 48.8 Å². The molecule has 1 aliphatic rings. The number of carbonyl (C=O) groups excluding carboxylic acids is 1. The van der Waals surface area contributed by atoms with Crippen LogP contribution in [0.5, 0.6) is 0 Å². The van der Waals surface area contributed by atoms with Gasteiger partial charge in [-0.1, -0.05) is 44.5 Å². The lowest BCUT2D eigenvalue weighted by Gasteiger charge is -2.34. The number of aryl methyl sites for hydroxylation is 3. The third-order valence-corrected chi connectivity index (χ3v) is 9.63. The molecule has 0 aliphatic carbocycles. The van der Waals surface area contributed by atoms with E-state index in [-0.39, 0.29) is 17.3 Å². The number of nitrogens with zero attached hydrogens (tertiary/aromatic N) is 4. The van der Waals surface area contributed by atoms with Crippen molar-refractivity contribution in [1.82, 2.24) is 14.5 Å². The molecule has 0 spiro atoms. The van der Waals surface area contributed by atoms with Gasteiger partial charge in [-0.25, -0.2) is 4.98 Å². The van der Waals surface area contributed by atoms with E-state index in [0.717, 1.165) is 49.5 Å². The summed E-state index contributed by atoms with van der Waals surface area (Å²) in [5.41, 5.74) is 5.38. The van der Waals surface area contributed by atoms with Crippen LogP contribution >= 0.6 is 22.9 Å². The zero-order valence-electron chi connectivity index (χ0n) is 25.6. The van der Waals surface area contributed by atoms with Crippen molar-refractivity contribution in [3.05, 3.63) is 84.9 Å². The fourth-order valence-corrected chi connectivity index (χ4v) is 6.80. The minimum absolute atomic E-state index is 0.190. The normalized spacial score (nSPS) is 13.9. The molecule has 3 heterocycles. The molecule has 8 nitrogen and oxygen atoms in total. The van der Waals surface area contributed by atoms with Gasteiger partial charge in [0.05, 0.1) is 21.3 Å². The second-order valence-corrected chi connectivity index (χ2v) is 12.9. The van der Waals surface area contributed by atoms with E-state index in [9.17, 15) is 9.59 Å². The van der Waals surface area contributed by atoms with Crippen LogP contribution in [0.1, 0.15) is 52.4 Å². The molecule has 2 N–H and O–H groups in total. The molecule has 4 aromatic rings. The predicted molar refractivity (Wildman–Crippen MR) is 180 cm³/mol. The summed E-state index contributed by atoms with van der Waals surface area (Å²) in [6, 6.07) is 13.8. The number of nitrogens with one attached hydrogen (secondary N) is 2. The molecule has 0 bridgehead atoms. The maximum absolute atomic E-state index is 13.3. The Labute approximate surface area is 262 Å². The Kier molecular flexibility index (Phi) is 9.25. The fraction of sp³-hybridized carbons (Fsp3) is 0.364. The van der Waals surface area contributed by atoms with Crippen LogP contribution in [-0.4, -0.2) is 53.6 Å². The molecule has 0 saturated carbocycles. The molecule has 1 amide bonds. The summed E-state index contributed by atoms with van der Waals surface area (Å²) in [6.45, 7) is 12.3. The highest BCUT2D eigenvalue weighted by atomic mass is 35.5. The number of rotatable bonds is 8. The molecule has 2 aromatic heterocycles. The van der Waals surface area contributed by atoms with Gasteiger partial charge in [0.1, 0.15) is 0 Å². The number of likely N-dealkylation sites (N-methyl/N-ethyl adjacent to an activating group) is 1. The first-order chi connectivity index (χ1) is 20.5. The Morgan fingerprint density at radius 2 is 1.77 bits per heavy atom. The van der Waals surface area contributed by atoms with Crippen LogP contribution in [0.25, 0.3) is 11.3 Å². The van der Waals surface area contributed by atoms with Gasteiger partial charge < -0.3 is 25.0 Å². The molecule has 0 radical (unpaired) electrons. The Morgan fingerprint density at radius 1 is 1.07 bits per heavy atom. The molecule has 1 saturated heterocycles. The van der Waals surface area contributed by atoms with Gasteiger partial charge in [0, 0.05) is 61.2 Å². The summed E-state index contributed by atoms with van der Waals surface area (Å²) in [5, 5.41) is 6.62. The van der Waals surface area contributed by atoms with Crippen molar-refractivity contribution in [2.45, 2.75) is 40.0 Å². The average molecular weight is 619 g/mol. The van der Waals surface area contributed by atoms with Crippen molar-refractivity contribution in [3.63, 3.8) is 0 Å². The van der Waals surface area contributed by atoms with Crippen LogP contribution < -0.4 is 21.1 Å². The minimum Gasteiger partial charge on any atom is -0.369 e. The third kappa shape index (κ3) is 6.64. The number of anilines is 4. The molecule has 43 heavy (non-hydrogen) atoms. The van der Waals surface area contributed by atoms with Crippen LogP contribution in [0, 0.1) is 6.92 Å². The number of carbonyl (C=O) groups is 1. The number of thiophene rings is 1. The molecule has 0 unspecified atom stereocenters. The lowest BCUT2D eigenvalue weighted by Crippen LogP contribution is -2.44. The zero-order valence-corrected chi connectivity index (χ0v) is 27.2. The van der Waals surface area contributed by atoms with Crippen LogP contribution in [0.3, 0.4) is 0 Å². The van der Waals surface area contributed by atoms with Gasteiger partial charge in [0.2, 0.25) is 0 Å². The summed E-state index contributed by atoms with van der Waals surface area (Å²) < 4.78 is 1.49. The van der Waals surface area contributed by atoms with Crippen LogP contribution in [0.2, 0.25) is 5.02 Å². The van der Waals surface area contributed by atoms with Gasteiger partial charge in [0.25, 0.3) is 11.5 Å². The van der Waals surface area contributed by atoms with Crippen molar-refractivity contribution < 1.29 is 4.79 Å². The average Bonchev–Trinajstić information content (AvgIpc) is 3.44. The number of hydrogen-bond donors (Lipinski definition) is 2. The molecular formula is C33H39ClN6O2S. The quantitative estimate of drug-likeness (QED) is 0.223. The zero-order chi connectivity index (χ0) is 30.8. The van der Waals surface area contributed by atoms with Crippen molar-refractivity contribution in [1.29, 1.82) is 0 Å². The topological polar surface area (TPSA) is 82.5 Å². The minimum atomic E-state index is -0.256. The molecular weight excluding hydrogens is 580 g/mol. The standard InChI is InChI=1S/C33H39ClN6O2S/c1-7-27-25(20(2)3)18-28(43-27)32(41)37-30-21(4)8-13-24(29(30)34)26-19-39(6)33(42)31(36-26)35-22-9-11-23(12-10-22)40-16-14-38(5)15-17-40/h8-13,18-20H,7,14-17H2,1-6H3,(H,35,36)(H,37,41). The second kappa shape index (κ2) is 12.9. The largest absolute Gasteiger partial charge is 0.369 e. The first-order valence-electron chi connectivity index (χ1n) is 14.7. The number of hydrogen-bond acceptors (Lipinski definition) is 7. The smallest absolute Gasteiger partial charge is 0.293 e. The summed E-state index contributed by atoms with van der Waals surface area (Å²) in [5.74, 6) is 0.348. The lowest BCUT2D eigenvalue weighted by molar-refractivity contribution is 0.103. The molecule has 5 rings (SSSR count). The van der Waals surface area contributed by atoms with E-state index in [4.69, 9.17) is 11.6 Å². The van der Waals surface area contributed by atoms with Gasteiger partial charge >= 0.3 is 0 Å². The van der Waals surface area contributed by atoms with E-state index in [1.807, 2.05) is 37.3 Å². The lowest BCUT2D eigenvalue weighted by atomic mass is 10.0. The molecule has 1 aliphatic heterocycles. The molecule has 2 aromatic carbocycles. The second-order valence-electron chi connectivity index (χ2n) is 11.4. The number of amides is 1. The van der Waals surface area contributed by atoms with Gasteiger partial charge in [-0.15, -0.1) is 11.3 Å². The summed E-state index contributed by atoms with van der Waals surface area (Å²) >= 11 is 8.46. The number of benzene rings is 2. The molecule has 1 fully saturated rings. The van der Waals surface area contributed by atoms with Crippen LogP contribution in [0.4, 0.5) is 22.9 Å². The molecule has 226 valence electrons. The SMILES string of the molecule is CCc1sc(C(=O)Nc2c(C)ccc(-c3cn(C)c(=O)c(Nc4ccc(N5CCN(C)CC5)cc4)n3)c2Cl)cc1C(C)C. The Hall–Kier alpha value is -3.66. The Morgan fingerprint density at radius 3 is 2.40 bits per heavy atom.